The maximum Gasteiger partial charge on any atom is 0.408 e. The number of hydrogen-bond donors (Lipinski definition) is 2. The topological polar surface area (TPSA) is 64.3 Å². The van der Waals surface area contributed by atoms with Crippen molar-refractivity contribution in [1.29, 1.82) is 0 Å². The first-order chi connectivity index (χ1) is 9.33. The van der Waals surface area contributed by atoms with Crippen molar-refractivity contribution < 1.29 is 9.53 Å². The van der Waals surface area contributed by atoms with Gasteiger partial charge in [0.25, 0.3) is 0 Å². The molecule has 1 unspecified atom stereocenters. The molecule has 110 valence electrons. The van der Waals surface area contributed by atoms with Crippen LogP contribution in [0.1, 0.15) is 38.8 Å². The zero-order valence-electron chi connectivity index (χ0n) is 12.5. The Morgan fingerprint density at radius 3 is 2.45 bits per heavy atom. The van der Waals surface area contributed by atoms with Gasteiger partial charge in [0.15, 0.2) is 0 Å². The molecule has 20 heavy (non-hydrogen) atoms. The number of nitrogens with one attached hydrogen (secondary N) is 1. The highest BCUT2D eigenvalue weighted by atomic mass is 16.6. The van der Waals surface area contributed by atoms with Gasteiger partial charge in [0.1, 0.15) is 5.60 Å². The standard InChI is InChI=1S/C16H24N2O2/c1-12(10-11-17)14(13-8-6-5-7-9-13)18-15(19)20-16(2,3)4/h5-9,14H,1,10-11,17H2,2-4H3,(H,18,19). The van der Waals surface area contributed by atoms with E-state index in [9.17, 15) is 4.79 Å². The third kappa shape index (κ3) is 5.45. The molecule has 0 aliphatic carbocycles. The van der Waals surface area contributed by atoms with Gasteiger partial charge in [-0.25, -0.2) is 4.79 Å². The minimum atomic E-state index is -0.527. The van der Waals surface area contributed by atoms with Crippen LogP contribution in [0.15, 0.2) is 42.5 Å². The summed E-state index contributed by atoms with van der Waals surface area (Å²) in [6, 6.07) is 9.39. The smallest absolute Gasteiger partial charge is 0.408 e. The maximum atomic E-state index is 11.9. The lowest BCUT2D eigenvalue weighted by Gasteiger charge is -2.25. The summed E-state index contributed by atoms with van der Waals surface area (Å²) in [4.78, 5) is 11.9. The van der Waals surface area contributed by atoms with Crippen molar-refractivity contribution in [2.24, 2.45) is 5.73 Å². The van der Waals surface area contributed by atoms with Crippen molar-refractivity contribution in [2.75, 3.05) is 6.54 Å². The Kier molecular flexibility index (Phi) is 5.77. The molecule has 0 saturated carbocycles. The van der Waals surface area contributed by atoms with E-state index in [0.29, 0.717) is 13.0 Å². The molecule has 1 rings (SSSR count). The first-order valence-corrected chi connectivity index (χ1v) is 6.75. The molecule has 4 nitrogen and oxygen atoms in total. The molecular weight excluding hydrogens is 252 g/mol. The summed E-state index contributed by atoms with van der Waals surface area (Å²) in [5.74, 6) is 0. The number of nitrogens with two attached hydrogens (primary N) is 1. The van der Waals surface area contributed by atoms with E-state index in [4.69, 9.17) is 10.5 Å². The van der Waals surface area contributed by atoms with Crippen LogP contribution in [-0.4, -0.2) is 18.2 Å². The summed E-state index contributed by atoms with van der Waals surface area (Å²) in [7, 11) is 0. The van der Waals surface area contributed by atoms with Crippen LogP contribution in [0.5, 0.6) is 0 Å². The Morgan fingerprint density at radius 1 is 1.35 bits per heavy atom. The van der Waals surface area contributed by atoms with Crippen LogP contribution in [0.3, 0.4) is 0 Å². The van der Waals surface area contributed by atoms with Crippen molar-refractivity contribution in [3.8, 4) is 0 Å². The minimum absolute atomic E-state index is 0.283. The van der Waals surface area contributed by atoms with Gasteiger partial charge in [0.2, 0.25) is 0 Å². The molecule has 0 aliphatic rings. The zero-order chi connectivity index (χ0) is 15.2. The van der Waals surface area contributed by atoms with E-state index in [2.05, 4.69) is 11.9 Å². The number of benzene rings is 1. The third-order valence-corrected chi connectivity index (χ3v) is 2.67. The van der Waals surface area contributed by atoms with Crippen molar-refractivity contribution >= 4 is 6.09 Å². The first-order valence-electron chi connectivity index (χ1n) is 6.75. The molecule has 0 radical (unpaired) electrons. The molecule has 0 aliphatic heterocycles. The van der Waals surface area contributed by atoms with Crippen molar-refractivity contribution in [3.05, 3.63) is 48.0 Å². The van der Waals surface area contributed by atoms with Crippen LogP contribution in [0.2, 0.25) is 0 Å². The van der Waals surface area contributed by atoms with Gasteiger partial charge in [-0.3, -0.25) is 0 Å². The number of amides is 1. The lowest BCUT2D eigenvalue weighted by Crippen LogP contribution is -2.35. The Balaban J connectivity index is 2.84. The SMILES string of the molecule is C=C(CCN)C(NC(=O)OC(C)(C)C)c1ccccc1. The van der Waals surface area contributed by atoms with Crippen LogP contribution in [-0.2, 0) is 4.74 Å². The highest BCUT2D eigenvalue weighted by Gasteiger charge is 2.21. The Bertz CT molecular complexity index is 449. The maximum absolute atomic E-state index is 11.9. The van der Waals surface area contributed by atoms with Gasteiger partial charge in [-0.15, -0.1) is 0 Å². The molecule has 1 atom stereocenters. The number of carbonyl (C=O) groups excluding carboxylic acids is 1. The Hall–Kier alpha value is -1.81. The fourth-order valence-corrected chi connectivity index (χ4v) is 1.82. The molecule has 0 saturated heterocycles. The number of ether oxygens (including phenoxy) is 1. The lowest BCUT2D eigenvalue weighted by molar-refractivity contribution is 0.0511. The second-order valence-electron chi connectivity index (χ2n) is 5.69. The van der Waals surface area contributed by atoms with Gasteiger partial charge >= 0.3 is 6.09 Å². The van der Waals surface area contributed by atoms with Crippen molar-refractivity contribution in [2.45, 2.75) is 38.8 Å². The molecule has 0 bridgehead atoms. The first kappa shape index (κ1) is 16.2. The molecule has 3 N–H and O–H groups in total. The quantitative estimate of drug-likeness (QED) is 0.812. The van der Waals surface area contributed by atoms with E-state index in [0.717, 1.165) is 11.1 Å². The van der Waals surface area contributed by atoms with Crippen molar-refractivity contribution in [1.82, 2.24) is 5.32 Å². The average molecular weight is 276 g/mol. The van der Waals surface area contributed by atoms with Crippen LogP contribution in [0.4, 0.5) is 4.79 Å². The Morgan fingerprint density at radius 2 is 1.95 bits per heavy atom. The van der Waals surface area contributed by atoms with Gasteiger partial charge < -0.3 is 15.8 Å². The molecule has 0 fully saturated rings. The molecule has 1 amide bonds. The number of alkyl carbamates (subject to hydrolysis) is 1. The van der Waals surface area contributed by atoms with Crippen LogP contribution in [0.25, 0.3) is 0 Å². The fraction of sp³-hybridized carbons (Fsp3) is 0.438. The molecule has 0 spiro atoms. The summed E-state index contributed by atoms with van der Waals surface area (Å²) in [5, 5.41) is 2.86. The van der Waals surface area contributed by atoms with E-state index in [1.807, 2.05) is 51.1 Å². The summed E-state index contributed by atoms with van der Waals surface area (Å²) in [5.41, 5.74) is 6.88. The summed E-state index contributed by atoms with van der Waals surface area (Å²) in [6.45, 7) is 10.0. The van der Waals surface area contributed by atoms with Gasteiger partial charge in [-0.05, 0) is 44.9 Å². The largest absolute Gasteiger partial charge is 0.444 e. The van der Waals surface area contributed by atoms with E-state index in [-0.39, 0.29) is 6.04 Å². The van der Waals surface area contributed by atoms with Gasteiger partial charge in [0, 0.05) is 0 Å². The summed E-state index contributed by atoms with van der Waals surface area (Å²) < 4.78 is 5.30. The lowest BCUT2D eigenvalue weighted by atomic mass is 9.98. The zero-order valence-corrected chi connectivity index (χ0v) is 12.5. The predicted molar refractivity (Wildman–Crippen MR) is 81.4 cm³/mol. The normalized spacial score (nSPS) is 12.6. The van der Waals surface area contributed by atoms with Crippen LogP contribution in [0, 0.1) is 0 Å². The molecule has 1 aromatic carbocycles. The third-order valence-electron chi connectivity index (χ3n) is 2.67. The highest BCUT2D eigenvalue weighted by Crippen LogP contribution is 2.23. The van der Waals surface area contributed by atoms with Gasteiger partial charge in [0.05, 0.1) is 6.04 Å². The monoisotopic (exact) mass is 276 g/mol. The average Bonchev–Trinajstić information content (AvgIpc) is 2.35. The molecule has 0 heterocycles. The van der Waals surface area contributed by atoms with E-state index >= 15 is 0 Å². The second-order valence-corrected chi connectivity index (χ2v) is 5.69. The minimum Gasteiger partial charge on any atom is -0.444 e. The van der Waals surface area contributed by atoms with E-state index in [1.165, 1.54) is 0 Å². The predicted octanol–water partition coefficient (Wildman–Crippen LogP) is 3.16. The molecule has 1 aromatic rings. The highest BCUT2D eigenvalue weighted by molar-refractivity contribution is 5.69. The number of hydrogen-bond acceptors (Lipinski definition) is 3. The van der Waals surface area contributed by atoms with E-state index < -0.39 is 11.7 Å². The second kappa shape index (κ2) is 7.10. The fourth-order valence-electron chi connectivity index (χ4n) is 1.82. The van der Waals surface area contributed by atoms with Crippen LogP contribution < -0.4 is 11.1 Å². The molecular formula is C16H24N2O2. The van der Waals surface area contributed by atoms with Gasteiger partial charge in [-0.2, -0.15) is 0 Å². The van der Waals surface area contributed by atoms with Gasteiger partial charge in [-0.1, -0.05) is 36.9 Å². The summed E-state index contributed by atoms with van der Waals surface area (Å²) in [6.07, 6.45) is 0.194. The number of carbonyl (C=O) groups is 1. The molecule has 0 aromatic heterocycles. The summed E-state index contributed by atoms with van der Waals surface area (Å²) >= 11 is 0. The number of rotatable bonds is 5. The Labute approximate surface area is 121 Å². The van der Waals surface area contributed by atoms with Crippen LogP contribution >= 0.6 is 0 Å². The molecule has 4 heteroatoms. The van der Waals surface area contributed by atoms with Crippen molar-refractivity contribution in [3.63, 3.8) is 0 Å². The van der Waals surface area contributed by atoms with E-state index in [1.54, 1.807) is 0 Å².